The SMILES string of the molecule is CCC1(C(=O)O)CCCN(C(=O)C2CCC(N)CC2)C1. The molecule has 20 heavy (non-hydrogen) atoms. The highest BCUT2D eigenvalue weighted by atomic mass is 16.4. The van der Waals surface area contributed by atoms with Gasteiger partial charge in [0.25, 0.3) is 0 Å². The lowest BCUT2D eigenvalue weighted by atomic mass is 9.77. The van der Waals surface area contributed by atoms with Crippen LogP contribution >= 0.6 is 0 Å². The summed E-state index contributed by atoms with van der Waals surface area (Å²) in [6.45, 7) is 2.98. The van der Waals surface area contributed by atoms with Gasteiger partial charge < -0.3 is 15.7 Å². The van der Waals surface area contributed by atoms with Gasteiger partial charge in [0, 0.05) is 25.0 Å². The van der Waals surface area contributed by atoms with Crippen molar-refractivity contribution in [1.82, 2.24) is 4.90 Å². The topological polar surface area (TPSA) is 83.6 Å². The average molecular weight is 282 g/mol. The molecule has 1 heterocycles. The lowest BCUT2D eigenvalue weighted by Crippen LogP contribution is -2.51. The average Bonchev–Trinajstić information content (AvgIpc) is 2.47. The summed E-state index contributed by atoms with van der Waals surface area (Å²) in [5.74, 6) is -0.560. The van der Waals surface area contributed by atoms with Gasteiger partial charge in [0.1, 0.15) is 0 Å². The van der Waals surface area contributed by atoms with E-state index >= 15 is 0 Å². The Hall–Kier alpha value is -1.10. The molecule has 0 spiro atoms. The number of rotatable bonds is 3. The minimum Gasteiger partial charge on any atom is -0.481 e. The Labute approximate surface area is 120 Å². The van der Waals surface area contributed by atoms with Gasteiger partial charge in [-0.05, 0) is 44.9 Å². The van der Waals surface area contributed by atoms with Crippen molar-refractivity contribution in [3.63, 3.8) is 0 Å². The summed E-state index contributed by atoms with van der Waals surface area (Å²) in [6, 6.07) is 0.231. The minimum absolute atomic E-state index is 0.0521. The van der Waals surface area contributed by atoms with Gasteiger partial charge in [-0.25, -0.2) is 0 Å². The van der Waals surface area contributed by atoms with Crippen LogP contribution in [0.2, 0.25) is 0 Å². The molecule has 1 aliphatic carbocycles. The smallest absolute Gasteiger partial charge is 0.311 e. The highest BCUT2D eigenvalue weighted by molar-refractivity contribution is 5.81. The molecule has 2 aliphatic rings. The first-order valence-corrected chi connectivity index (χ1v) is 7.76. The fourth-order valence-electron chi connectivity index (χ4n) is 3.56. The van der Waals surface area contributed by atoms with Crippen molar-refractivity contribution in [2.75, 3.05) is 13.1 Å². The van der Waals surface area contributed by atoms with Gasteiger partial charge in [0.05, 0.1) is 5.41 Å². The number of carbonyl (C=O) groups excluding carboxylic acids is 1. The van der Waals surface area contributed by atoms with Gasteiger partial charge in [-0.2, -0.15) is 0 Å². The first kappa shape index (κ1) is 15.3. The fraction of sp³-hybridized carbons (Fsp3) is 0.867. The van der Waals surface area contributed by atoms with E-state index in [9.17, 15) is 14.7 Å². The maximum absolute atomic E-state index is 12.6. The third-order valence-electron chi connectivity index (χ3n) is 5.14. The van der Waals surface area contributed by atoms with Crippen LogP contribution < -0.4 is 5.73 Å². The number of likely N-dealkylation sites (tertiary alicyclic amines) is 1. The summed E-state index contributed by atoms with van der Waals surface area (Å²) < 4.78 is 0. The van der Waals surface area contributed by atoms with Gasteiger partial charge >= 0.3 is 5.97 Å². The Kier molecular flexibility index (Phi) is 4.68. The Morgan fingerprint density at radius 3 is 2.50 bits per heavy atom. The first-order chi connectivity index (χ1) is 9.48. The Morgan fingerprint density at radius 1 is 1.30 bits per heavy atom. The summed E-state index contributed by atoms with van der Waals surface area (Å²) in [5, 5.41) is 9.48. The number of hydrogen-bond acceptors (Lipinski definition) is 3. The van der Waals surface area contributed by atoms with Crippen molar-refractivity contribution in [2.45, 2.75) is 57.9 Å². The summed E-state index contributed by atoms with van der Waals surface area (Å²) in [6.07, 6.45) is 5.56. The normalized spacial score (nSPS) is 34.8. The highest BCUT2D eigenvalue weighted by Crippen LogP contribution is 2.35. The molecular weight excluding hydrogens is 256 g/mol. The molecule has 1 aliphatic heterocycles. The summed E-state index contributed by atoms with van der Waals surface area (Å²) in [5.41, 5.74) is 5.14. The van der Waals surface area contributed by atoms with E-state index in [0.29, 0.717) is 25.9 Å². The molecule has 5 nitrogen and oxygen atoms in total. The van der Waals surface area contributed by atoms with Crippen LogP contribution in [0, 0.1) is 11.3 Å². The van der Waals surface area contributed by atoms with Gasteiger partial charge in [0.2, 0.25) is 5.91 Å². The predicted octanol–water partition coefficient (Wildman–Crippen LogP) is 1.61. The van der Waals surface area contributed by atoms with E-state index < -0.39 is 11.4 Å². The molecule has 2 fully saturated rings. The molecule has 0 radical (unpaired) electrons. The summed E-state index contributed by atoms with van der Waals surface area (Å²) in [4.78, 5) is 25.9. The van der Waals surface area contributed by atoms with Crippen LogP contribution in [-0.4, -0.2) is 41.0 Å². The molecule has 2 rings (SSSR count). The number of aliphatic carboxylic acids is 1. The number of hydrogen-bond donors (Lipinski definition) is 2. The lowest BCUT2D eigenvalue weighted by Gasteiger charge is -2.41. The predicted molar refractivity (Wildman–Crippen MR) is 76.1 cm³/mol. The fourth-order valence-corrected chi connectivity index (χ4v) is 3.56. The zero-order valence-corrected chi connectivity index (χ0v) is 12.3. The maximum atomic E-state index is 12.6. The molecule has 1 saturated carbocycles. The molecule has 1 saturated heterocycles. The van der Waals surface area contributed by atoms with Crippen LogP contribution in [0.25, 0.3) is 0 Å². The Morgan fingerprint density at radius 2 is 1.95 bits per heavy atom. The third-order valence-corrected chi connectivity index (χ3v) is 5.14. The quantitative estimate of drug-likeness (QED) is 0.823. The summed E-state index contributed by atoms with van der Waals surface area (Å²) >= 11 is 0. The first-order valence-electron chi connectivity index (χ1n) is 7.76. The van der Waals surface area contributed by atoms with Crippen LogP contribution in [0.5, 0.6) is 0 Å². The second kappa shape index (κ2) is 6.12. The summed E-state index contributed by atoms with van der Waals surface area (Å²) in [7, 11) is 0. The molecule has 1 atom stereocenters. The maximum Gasteiger partial charge on any atom is 0.311 e. The second-order valence-corrected chi connectivity index (χ2v) is 6.41. The number of amides is 1. The number of carboxylic acid groups (broad SMARTS) is 1. The van der Waals surface area contributed by atoms with Crippen molar-refractivity contribution in [2.24, 2.45) is 17.1 Å². The Balaban J connectivity index is 2.01. The lowest BCUT2D eigenvalue weighted by molar-refractivity contribution is -0.156. The number of nitrogens with zero attached hydrogens (tertiary/aromatic N) is 1. The molecule has 0 aromatic carbocycles. The van der Waals surface area contributed by atoms with E-state index in [-0.39, 0.29) is 17.9 Å². The molecular formula is C15H26N2O3. The molecule has 0 bridgehead atoms. The van der Waals surface area contributed by atoms with Crippen LogP contribution in [-0.2, 0) is 9.59 Å². The van der Waals surface area contributed by atoms with E-state index in [0.717, 1.165) is 32.1 Å². The van der Waals surface area contributed by atoms with Crippen LogP contribution in [0.15, 0.2) is 0 Å². The zero-order chi connectivity index (χ0) is 14.8. The van der Waals surface area contributed by atoms with Crippen molar-refractivity contribution in [3.05, 3.63) is 0 Å². The van der Waals surface area contributed by atoms with E-state index in [4.69, 9.17) is 5.73 Å². The molecule has 1 amide bonds. The van der Waals surface area contributed by atoms with Crippen LogP contribution in [0.4, 0.5) is 0 Å². The number of piperidine rings is 1. The number of nitrogens with two attached hydrogens (primary N) is 1. The second-order valence-electron chi connectivity index (χ2n) is 6.41. The molecule has 1 unspecified atom stereocenters. The van der Waals surface area contributed by atoms with E-state index in [1.165, 1.54) is 0 Å². The van der Waals surface area contributed by atoms with E-state index in [1.54, 1.807) is 4.90 Å². The van der Waals surface area contributed by atoms with Crippen LogP contribution in [0.3, 0.4) is 0 Å². The van der Waals surface area contributed by atoms with Crippen molar-refractivity contribution < 1.29 is 14.7 Å². The molecule has 0 aromatic heterocycles. The third kappa shape index (κ3) is 2.97. The monoisotopic (exact) mass is 282 g/mol. The van der Waals surface area contributed by atoms with Gasteiger partial charge in [-0.15, -0.1) is 0 Å². The van der Waals surface area contributed by atoms with Crippen LogP contribution in [0.1, 0.15) is 51.9 Å². The number of carbonyl (C=O) groups is 2. The standard InChI is InChI=1S/C15H26N2O3/c1-2-15(14(19)20)8-3-9-17(10-15)13(18)11-4-6-12(16)7-5-11/h11-12H,2-10,16H2,1H3,(H,19,20). The van der Waals surface area contributed by atoms with Crippen molar-refractivity contribution >= 4 is 11.9 Å². The van der Waals surface area contributed by atoms with Gasteiger partial charge in [-0.3, -0.25) is 9.59 Å². The van der Waals surface area contributed by atoms with Gasteiger partial charge in [0.15, 0.2) is 0 Å². The molecule has 3 N–H and O–H groups in total. The Bertz CT molecular complexity index is 377. The largest absolute Gasteiger partial charge is 0.481 e. The number of carboxylic acids is 1. The van der Waals surface area contributed by atoms with Crippen molar-refractivity contribution in [3.8, 4) is 0 Å². The van der Waals surface area contributed by atoms with Crippen molar-refractivity contribution in [1.29, 1.82) is 0 Å². The minimum atomic E-state index is -0.761. The molecule has 0 aromatic rings. The van der Waals surface area contributed by atoms with Gasteiger partial charge in [-0.1, -0.05) is 6.92 Å². The molecule has 114 valence electrons. The highest BCUT2D eigenvalue weighted by Gasteiger charge is 2.43. The zero-order valence-electron chi connectivity index (χ0n) is 12.3. The molecule has 5 heteroatoms. The van der Waals surface area contributed by atoms with E-state index in [1.807, 2.05) is 6.92 Å². The van der Waals surface area contributed by atoms with E-state index in [2.05, 4.69) is 0 Å².